The molecule has 4 aromatic rings. The van der Waals surface area contributed by atoms with Gasteiger partial charge < -0.3 is 4.74 Å². The molecule has 0 fully saturated rings. The van der Waals surface area contributed by atoms with E-state index in [0.717, 1.165) is 46.2 Å². The van der Waals surface area contributed by atoms with Gasteiger partial charge in [0, 0.05) is 24.4 Å². The first kappa shape index (κ1) is 35.3. The van der Waals surface area contributed by atoms with E-state index in [4.69, 9.17) is 4.74 Å². The molecule has 0 aliphatic heterocycles. The average Bonchev–Trinajstić information content (AvgIpc) is 3.34. The van der Waals surface area contributed by atoms with Crippen LogP contribution in [-0.2, 0) is 6.42 Å². The second kappa shape index (κ2) is 19.4. The standard InChI is InChI=1S/C17H18N4O.C8H11FN2.3C2H6/c1-11-8-9-18-10-14(11)17-20-19-13(3)21(17)16-12(2)6-5-7-15(16)22-4;1-6(2)3-8-10-4-7(9)5-11-8;3*1-2/h5-10H,1-4H3;4-6H,3H2,1-2H3;3*1-2H3. The Balaban J connectivity index is 0.000000717. The Morgan fingerprint density at radius 2 is 1.46 bits per heavy atom. The molecule has 214 valence electrons. The SMILES string of the molecule is CC.CC.CC.CC(C)Cc1ncc(F)cn1.COc1cccc(C)c1-n1c(C)nnc1-c1cnccc1C. The van der Waals surface area contributed by atoms with Crippen LogP contribution in [0.4, 0.5) is 4.39 Å². The molecule has 0 N–H and O–H groups in total. The molecule has 0 spiro atoms. The molecule has 0 saturated carbocycles. The van der Waals surface area contributed by atoms with Gasteiger partial charge in [-0.15, -0.1) is 10.2 Å². The molecular weight excluding hydrogens is 491 g/mol. The van der Waals surface area contributed by atoms with E-state index < -0.39 is 0 Å². The number of hydrogen-bond acceptors (Lipinski definition) is 6. The van der Waals surface area contributed by atoms with Crippen LogP contribution in [0.1, 0.15) is 78.2 Å². The third kappa shape index (κ3) is 10.5. The van der Waals surface area contributed by atoms with E-state index in [9.17, 15) is 4.39 Å². The Kier molecular flexibility index (Phi) is 17.6. The van der Waals surface area contributed by atoms with Crippen molar-refractivity contribution in [2.45, 2.75) is 82.6 Å². The smallest absolute Gasteiger partial charge is 0.170 e. The van der Waals surface area contributed by atoms with E-state index >= 15 is 0 Å². The van der Waals surface area contributed by atoms with E-state index in [0.29, 0.717) is 11.7 Å². The van der Waals surface area contributed by atoms with Crippen LogP contribution in [0.15, 0.2) is 49.1 Å². The number of benzene rings is 1. The fourth-order valence-electron chi connectivity index (χ4n) is 3.40. The Morgan fingerprint density at radius 3 is 2.00 bits per heavy atom. The number of pyridine rings is 1. The van der Waals surface area contributed by atoms with Crippen LogP contribution in [0.5, 0.6) is 5.75 Å². The number of aromatic nitrogens is 6. The van der Waals surface area contributed by atoms with Gasteiger partial charge in [0.2, 0.25) is 0 Å². The van der Waals surface area contributed by atoms with Crippen molar-refractivity contribution in [2.24, 2.45) is 5.92 Å². The molecular formula is C31H47FN6O. The van der Waals surface area contributed by atoms with Crippen molar-refractivity contribution in [1.29, 1.82) is 0 Å². The molecule has 0 aliphatic rings. The monoisotopic (exact) mass is 538 g/mol. The first-order valence-electron chi connectivity index (χ1n) is 13.7. The van der Waals surface area contributed by atoms with Crippen molar-refractivity contribution >= 4 is 0 Å². The molecule has 0 unspecified atom stereocenters. The van der Waals surface area contributed by atoms with Crippen molar-refractivity contribution in [3.8, 4) is 22.8 Å². The van der Waals surface area contributed by atoms with Gasteiger partial charge >= 0.3 is 0 Å². The minimum absolute atomic E-state index is 0.377. The van der Waals surface area contributed by atoms with Gasteiger partial charge in [-0.1, -0.05) is 67.5 Å². The zero-order valence-electron chi connectivity index (χ0n) is 25.9. The summed E-state index contributed by atoms with van der Waals surface area (Å²) < 4.78 is 19.9. The van der Waals surface area contributed by atoms with Gasteiger partial charge in [0.1, 0.15) is 17.4 Å². The third-order valence-electron chi connectivity index (χ3n) is 5.01. The zero-order valence-corrected chi connectivity index (χ0v) is 25.9. The van der Waals surface area contributed by atoms with Crippen molar-refractivity contribution in [2.75, 3.05) is 7.11 Å². The fourth-order valence-corrected chi connectivity index (χ4v) is 3.40. The molecule has 0 radical (unpaired) electrons. The predicted octanol–water partition coefficient (Wildman–Crippen LogP) is 8.16. The van der Waals surface area contributed by atoms with Crippen LogP contribution in [-0.4, -0.2) is 36.8 Å². The van der Waals surface area contributed by atoms with Gasteiger partial charge in [-0.05, 0) is 49.9 Å². The van der Waals surface area contributed by atoms with Gasteiger partial charge in [0.25, 0.3) is 0 Å². The Morgan fingerprint density at radius 1 is 0.846 bits per heavy atom. The Hall–Kier alpha value is -3.68. The van der Waals surface area contributed by atoms with Crippen LogP contribution in [0.25, 0.3) is 17.1 Å². The predicted molar refractivity (Wildman–Crippen MR) is 160 cm³/mol. The minimum atomic E-state index is -0.377. The highest BCUT2D eigenvalue weighted by atomic mass is 19.1. The van der Waals surface area contributed by atoms with Gasteiger partial charge in [0.15, 0.2) is 11.6 Å². The molecule has 0 bridgehead atoms. The highest BCUT2D eigenvalue weighted by Crippen LogP contribution is 2.32. The van der Waals surface area contributed by atoms with Crippen LogP contribution < -0.4 is 4.74 Å². The summed E-state index contributed by atoms with van der Waals surface area (Å²) in [6, 6.07) is 7.95. The van der Waals surface area contributed by atoms with E-state index in [-0.39, 0.29) is 5.82 Å². The number of methoxy groups -OCH3 is 1. The molecule has 8 heteroatoms. The molecule has 0 aliphatic carbocycles. The van der Waals surface area contributed by atoms with Gasteiger partial charge in [0.05, 0.1) is 25.2 Å². The minimum Gasteiger partial charge on any atom is -0.495 e. The lowest BCUT2D eigenvalue weighted by molar-refractivity contribution is 0.412. The van der Waals surface area contributed by atoms with E-state index in [1.54, 1.807) is 13.3 Å². The number of halogens is 1. The van der Waals surface area contributed by atoms with E-state index in [2.05, 4.69) is 52.0 Å². The topological polar surface area (TPSA) is 78.6 Å². The quantitative estimate of drug-likeness (QED) is 0.255. The number of rotatable bonds is 5. The van der Waals surface area contributed by atoms with Gasteiger partial charge in [-0.25, -0.2) is 14.4 Å². The van der Waals surface area contributed by atoms with E-state index in [1.807, 2.05) is 84.4 Å². The first-order valence-corrected chi connectivity index (χ1v) is 13.7. The zero-order chi connectivity index (χ0) is 30.0. The fraction of sp³-hybridized carbons (Fsp3) is 0.452. The Labute approximate surface area is 235 Å². The molecule has 4 rings (SSSR count). The van der Waals surface area contributed by atoms with Gasteiger partial charge in [-0.2, -0.15) is 0 Å². The van der Waals surface area contributed by atoms with Crippen molar-refractivity contribution in [3.05, 3.63) is 77.6 Å². The van der Waals surface area contributed by atoms with Crippen LogP contribution in [0.2, 0.25) is 0 Å². The number of nitrogens with zero attached hydrogens (tertiary/aromatic N) is 6. The molecule has 39 heavy (non-hydrogen) atoms. The highest BCUT2D eigenvalue weighted by Gasteiger charge is 2.19. The lowest BCUT2D eigenvalue weighted by Crippen LogP contribution is -2.05. The summed E-state index contributed by atoms with van der Waals surface area (Å²) in [5, 5.41) is 8.61. The molecule has 7 nitrogen and oxygen atoms in total. The molecule has 3 heterocycles. The third-order valence-corrected chi connectivity index (χ3v) is 5.01. The summed E-state index contributed by atoms with van der Waals surface area (Å²) in [5.41, 5.74) is 4.14. The average molecular weight is 539 g/mol. The maximum absolute atomic E-state index is 12.3. The Bertz CT molecular complexity index is 1210. The number of aryl methyl sites for hydroxylation is 3. The largest absolute Gasteiger partial charge is 0.495 e. The molecule has 0 atom stereocenters. The summed E-state index contributed by atoms with van der Waals surface area (Å²) in [6.07, 6.45) is 6.80. The van der Waals surface area contributed by atoms with E-state index in [1.165, 1.54) is 12.4 Å². The summed E-state index contributed by atoms with van der Waals surface area (Å²) in [5.74, 6) is 3.23. The lowest BCUT2D eigenvalue weighted by atomic mass is 10.1. The highest BCUT2D eigenvalue weighted by molar-refractivity contribution is 5.64. The second-order valence-corrected chi connectivity index (χ2v) is 8.14. The summed E-state index contributed by atoms with van der Waals surface area (Å²) >= 11 is 0. The molecule has 3 aromatic heterocycles. The normalized spacial score (nSPS) is 9.49. The van der Waals surface area contributed by atoms with Crippen LogP contribution in [0.3, 0.4) is 0 Å². The van der Waals surface area contributed by atoms with Gasteiger partial charge in [-0.3, -0.25) is 9.55 Å². The maximum Gasteiger partial charge on any atom is 0.170 e. The van der Waals surface area contributed by atoms with Crippen molar-refractivity contribution in [1.82, 2.24) is 29.7 Å². The van der Waals surface area contributed by atoms with Crippen molar-refractivity contribution < 1.29 is 9.13 Å². The lowest BCUT2D eigenvalue weighted by Gasteiger charge is -2.16. The summed E-state index contributed by atoms with van der Waals surface area (Å²) in [7, 11) is 1.67. The molecule has 0 saturated heterocycles. The number of para-hydroxylation sites is 1. The molecule has 1 aromatic carbocycles. The summed E-state index contributed by atoms with van der Waals surface area (Å²) in [6.45, 7) is 22.2. The van der Waals surface area contributed by atoms with Crippen molar-refractivity contribution in [3.63, 3.8) is 0 Å². The van der Waals surface area contributed by atoms with Crippen LogP contribution in [0, 0.1) is 32.5 Å². The maximum atomic E-state index is 12.3. The summed E-state index contributed by atoms with van der Waals surface area (Å²) in [4.78, 5) is 11.9. The second-order valence-electron chi connectivity index (χ2n) is 8.14. The molecule has 0 amide bonds. The number of hydrogen-bond donors (Lipinski definition) is 0. The number of ether oxygens (including phenoxy) is 1. The first-order chi connectivity index (χ1) is 18.8. The van der Waals surface area contributed by atoms with Crippen LogP contribution >= 0.6 is 0 Å².